The lowest BCUT2D eigenvalue weighted by Crippen LogP contribution is -2.44. The first-order chi connectivity index (χ1) is 14.6. The van der Waals surface area contributed by atoms with Gasteiger partial charge in [-0.3, -0.25) is 9.36 Å². The Morgan fingerprint density at radius 2 is 2.07 bits per heavy atom. The number of nitrogens with two attached hydrogens (primary N) is 1. The van der Waals surface area contributed by atoms with E-state index in [1.54, 1.807) is 17.7 Å². The third-order valence-corrected chi connectivity index (χ3v) is 6.10. The van der Waals surface area contributed by atoms with Gasteiger partial charge < -0.3 is 20.8 Å². The molecule has 1 aromatic heterocycles. The van der Waals surface area contributed by atoms with Crippen molar-refractivity contribution in [2.45, 2.75) is 38.1 Å². The Kier molecular flexibility index (Phi) is 5.68. The molecule has 2 heterocycles. The van der Waals surface area contributed by atoms with E-state index in [2.05, 4.69) is 16.3 Å². The summed E-state index contributed by atoms with van der Waals surface area (Å²) in [5, 5.41) is 12.3. The smallest absolute Gasteiger partial charge is 0.350 e. The maximum atomic E-state index is 12.7. The number of fused-ring (bicyclic) bond motifs is 1. The van der Waals surface area contributed by atoms with Gasteiger partial charge in [0.15, 0.2) is 5.75 Å². The molecule has 9 nitrogen and oxygen atoms in total. The molecule has 160 valence electrons. The number of methoxy groups -OCH3 is 1. The number of nitrogens with one attached hydrogen (secondary N) is 1. The van der Waals surface area contributed by atoms with Gasteiger partial charge in [-0.05, 0) is 50.3 Å². The van der Waals surface area contributed by atoms with Gasteiger partial charge in [0.1, 0.15) is 5.52 Å². The molecule has 1 unspecified atom stereocenters. The highest BCUT2D eigenvalue weighted by atomic mass is 16.5. The molecule has 2 aliphatic rings. The van der Waals surface area contributed by atoms with Crippen LogP contribution in [0.15, 0.2) is 21.7 Å². The van der Waals surface area contributed by atoms with Crippen LogP contribution < -0.4 is 32.0 Å². The van der Waals surface area contributed by atoms with E-state index in [4.69, 9.17) is 15.8 Å². The van der Waals surface area contributed by atoms with E-state index in [-0.39, 0.29) is 6.04 Å². The van der Waals surface area contributed by atoms with Crippen molar-refractivity contribution in [2.75, 3.05) is 44.0 Å². The van der Waals surface area contributed by atoms with Gasteiger partial charge in [0.25, 0.3) is 5.56 Å². The van der Waals surface area contributed by atoms with E-state index in [0.717, 1.165) is 57.5 Å². The van der Waals surface area contributed by atoms with Crippen molar-refractivity contribution in [3.05, 3.63) is 33.0 Å². The Morgan fingerprint density at radius 3 is 2.77 bits per heavy atom. The Labute approximate surface area is 174 Å². The molecular formula is C21H28N6O3. The van der Waals surface area contributed by atoms with Crippen molar-refractivity contribution >= 4 is 16.6 Å². The van der Waals surface area contributed by atoms with Crippen molar-refractivity contribution < 1.29 is 4.74 Å². The lowest BCUT2D eigenvalue weighted by Gasteiger charge is -2.24. The van der Waals surface area contributed by atoms with Crippen molar-refractivity contribution in [1.29, 1.82) is 5.26 Å². The summed E-state index contributed by atoms with van der Waals surface area (Å²) < 4.78 is 8.10. The van der Waals surface area contributed by atoms with Gasteiger partial charge >= 0.3 is 5.69 Å². The Balaban J connectivity index is 1.64. The number of hydrogen-bond donors (Lipinski definition) is 2. The SMILES string of the molecule is COc1c(N2CCC(CCNCCC#N)C2)ccc2c(=O)n(N)c(=O)n(C3CC3)c12. The number of hydrogen-bond acceptors (Lipinski definition) is 7. The fourth-order valence-corrected chi connectivity index (χ4v) is 4.38. The third kappa shape index (κ3) is 3.63. The fourth-order valence-electron chi connectivity index (χ4n) is 4.38. The van der Waals surface area contributed by atoms with Gasteiger partial charge in [0.2, 0.25) is 0 Å². The van der Waals surface area contributed by atoms with E-state index >= 15 is 0 Å². The number of benzene rings is 1. The summed E-state index contributed by atoms with van der Waals surface area (Å²) >= 11 is 0. The summed E-state index contributed by atoms with van der Waals surface area (Å²) in [5.74, 6) is 6.87. The van der Waals surface area contributed by atoms with Gasteiger partial charge in [-0.1, -0.05) is 0 Å². The number of nitriles is 1. The summed E-state index contributed by atoms with van der Waals surface area (Å²) in [5.41, 5.74) is 0.469. The largest absolute Gasteiger partial charge is 0.492 e. The van der Waals surface area contributed by atoms with E-state index in [1.165, 1.54) is 0 Å². The number of rotatable bonds is 8. The summed E-state index contributed by atoms with van der Waals surface area (Å²) in [7, 11) is 1.58. The molecule has 9 heteroatoms. The van der Waals surface area contributed by atoms with Crippen molar-refractivity contribution in [2.24, 2.45) is 5.92 Å². The number of anilines is 1. The predicted molar refractivity (Wildman–Crippen MR) is 115 cm³/mol. The molecule has 2 aromatic rings. The van der Waals surface area contributed by atoms with Crippen LogP contribution in [0, 0.1) is 17.2 Å². The molecule has 0 radical (unpaired) electrons. The number of nitrogens with zero attached hydrogens (tertiary/aromatic N) is 4. The van der Waals surface area contributed by atoms with Crippen LogP contribution in [-0.2, 0) is 0 Å². The molecule has 1 atom stereocenters. The predicted octanol–water partition coefficient (Wildman–Crippen LogP) is 0.940. The zero-order valence-electron chi connectivity index (χ0n) is 17.3. The molecule has 1 saturated heterocycles. The van der Waals surface area contributed by atoms with Crippen molar-refractivity contribution in [3.8, 4) is 11.8 Å². The topological polar surface area (TPSA) is 118 Å². The lowest BCUT2D eigenvalue weighted by molar-refractivity contribution is 0.416. The molecule has 1 aliphatic heterocycles. The molecule has 3 N–H and O–H groups in total. The Bertz CT molecular complexity index is 1100. The third-order valence-electron chi connectivity index (χ3n) is 6.10. The molecule has 1 saturated carbocycles. The molecular weight excluding hydrogens is 384 g/mol. The maximum Gasteiger partial charge on any atom is 0.350 e. The zero-order chi connectivity index (χ0) is 21.3. The second-order valence-corrected chi connectivity index (χ2v) is 8.12. The molecule has 0 bridgehead atoms. The highest BCUT2D eigenvalue weighted by Crippen LogP contribution is 2.42. The number of ether oxygens (including phenoxy) is 1. The van der Waals surface area contributed by atoms with Crippen LogP contribution in [0.2, 0.25) is 0 Å². The summed E-state index contributed by atoms with van der Waals surface area (Å²) in [6.45, 7) is 3.41. The monoisotopic (exact) mass is 412 g/mol. The van der Waals surface area contributed by atoms with Crippen LogP contribution in [0.4, 0.5) is 5.69 Å². The Morgan fingerprint density at radius 1 is 1.27 bits per heavy atom. The summed E-state index contributed by atoms with van der Waals surface area (Å²) in [4.78, 5) is 27.6. The van der Waals surface area contributed by atoms with Crippen LogP contribution in [-0.4, -0.2) is 42.5 Å². The minimum Gasteiger partial charge on any atom is -0.492 e. The van der Waals surface area contributed by atoms with Crippen LogP contribution in [0.25, 0.3) is 10.9 Å². The van der Waals surface area contributed by atoms with Crippen LogP contribution in [0.3, 0.4) is 0 Å². The fraction of sp³-hybridized carbons (Fsp3) is 0.571. The highest BCUT2D eigenvalue weighted by Gasteiger charge is 2.32. The normalized spacial score (nSPS) is 18.7. The van der Waals surface area contributed by atoms with Gasteiger partial charge in [0.05, 0.1) is 24.3 Å². The molecule has 0 spiro atoms. The number of nitrogen functional groups attached to an aromatic ring is 1. The molecule has 2 fully saturated rings. The standard InChI is InChI=1S/C21H28N6O3/c1-30-19-17(25-12-8-14(13-25)7-11-24-10-2-9-22)6-5-16-18(19)26(15-3-4-15)21(29)27(23)20(16)28/h5-6,14-15,24H,2-4,7-8,10-13,23H2,1H3. The second-order valence-electron chi connectivity index (χ2n) is 8.12. The highest BCUT2D eigenvalue weighted by molar-refractivity contribution is 5.90. The molecule has 30 heavy (non-hydrogen) atoms. The van der Waals surface area contributed by atoms with Gasteiger partial charge in [-0.25, -0.2) is 4.79 Å². The van der Waals surface area contributed by atoms with E-state index < -0.39 is 11.2 Å². The number of aromatic nitrogens is 2. The van der Waals surface area contributed by atoms with Crippen LogP contribution in [0.1, 0.15) is 38.1 Å². The van der Waals surface area contributed by atoms with Crippen LogP contribution in [0.5, 0.6) is 5.75 Å². The minimum atomic E-state index is -0.500. The zero-order valence-corrected chi connectivity index (χ0v) is 17.3. The Hall–Kier alpha value is -2.99. The van der Waals surface area contributed by atoms with Gasteiger partial charge in [-0.15, -0.1) is 0 Å². The first-order valence-corrected chi connectivity index (χ1v) is 10.5. The van der Waals surface area contributed by atoms with E-state index in [1.807, 2.05) is 6.07 Å². The van der Waals surface area contributed by atoms with E-state index in [0.29, 0.717) is 33.7 Å². The average Bonchev–Trinajstić information content (AvgIpc) is 3.48. The summed E-state index contributed by atoms with van der Waals surface area (Å²) in [6, 6.07) is 5.86. The second kappa shape index (κ2) is 8.40. The molecule has 1 aromatic carbocycles. The van der Waals surface area contributed by atoms with Gasteiger partial charge in [-0.2, -0.15) is 9.94 Å². The van der Waals surface area contributed by atoms with Gasteiger partial charge in [0, 0.05) is 32.1 Å². The van der Waals surface area contributed by atoms with Crippen LogP contribution >= 0.6 is 0 Å². The molecule has 4 rings (SSSR count). The average molecular weight is 412 g/mol. The lowest BCUT2D eigenvalue weighted by atomic mass is 10.1. The quantitative estimate of drug-likeness (QED) is 0.489. The van der Waals surface area contributed by atoms with Crippen molar-refractivity contribution in [3.63, 3.8) is 0 Å². The van der Waals surface area contributed by atoms with E-state index in [9.17, 15) is 9.59 Å². The van der Waals surface area contributed by atoms with Crippen molar-refractivity contribution in [1.82, 2.24) is 14.6 Å². The molecule has 0 amide bonds. The first kappa shape index (κ1) is 20.3. The maximum absolute atomic E-state index is 12.7. The molecule has 1 aliphatic carbocycles. The summed E-state index contributed by atoms with van der Waals surface area (Å²) in [6.07, 6.45) is 4.43. The first-order valence-electron chi connectivity index (χ1n) is 10.5. The minimum absolute atomic E-state index is 0.0605.